The van der Waals surface area contributed by atoms with Gasteiger partial charge in [0.2, 0.25) is 0 Å². The van der Waals surface area contributed by atoms with Crippen LogP contribution in [0.4, 0.5) is 0 Å². The normalized spacial score (nSPS) is 11.5. The molecule has 0 N–H and O–H groups in total. The van der Waals surface area contributed by atoms with Crippen molar-refractivity contribution in [3.63, 3.8) is 0 Å². The Kier molecular flexibility index (Phi) is 5.48. The highest BCUT2D eigenvalue weighted by molar-refractivity contribution is 6.12. The second-order valence-corrected chi connectivity index (χ2v) is 10.8. The zero-order valence-electron chi connectivity index (χ0n) is 23.2. The lowest BCUT2D eigenvalue weighted by molar-refractivity contribution is 1.18. The van der Waals surface area contributed by atoms with Crippen LogP contribution < -0.4 is 0 Å². The van der Waals surface area contributed by atoms with E-state index in [4.69, 9.17) is 0 Å². The lowest BCUT2D eigenvalue weighted by Crippen LogP contribution is -1.95. The fourth-order valence-corrected chi connectivity index (χ4v) is 6.40. The summed E-state index contributed by atoms with van der Waals surface area (Å²) in [5, 5.41) is 5.00. The molecule has 6 aromatic carbocycles. The summed E-state index contributed by atoms with van der Waals surface area (Å²) in [4.78, 5) is 0. The molecule has 0 saturated carbocycles. The molecule has 0 radical (unpaired) electrons. The Morgan fingerprint density at radius 2 is 0.952 bits per heavy atom. The van der Waals surface area contributed by atoms with Gasteiger partial charge in [-0.25, -0.2) is 0 Å². The third-order valence-electron chi connectivity index (χ3n) is 8.41. The van der Waals surface area contributed by atoms with E-state index in [1.165, 1.54) is 60.4 Å². The maximum Gasteiger partial charge on any atom is 0.0541 e. The van der Waals surface area contributed by atoms with E-state index in [2.05, 4.69) is 162 Å². The molecule has 42 heavy (non-hydrogen) atoms. The highest BCUT2D eigenvalue weighted by Gasteiger charge is 2.16. The monoisotopic (exact) mass is 536 g/mol. The minimum Gasteiger partial charge on any atom is -0.309 e. The number of allylic oxidation sites excluding steroid dienone is 2. The van der Waals surface area contributed by atoms with Gasteiger partial charge < -0.3 is 9.13 Å². The second kappa shape index (κ2) is 9.50. The molecular formula is C40H28N2. The number of rotatable bonds is 5. The van der Waals surface area contributed by atoms with Crippen LogP contribution in [0.1, 0.15) is 5.56 Å². The first-order valence-electron chi connectivity index (χ1n) is 14.3. The van der Waals surface area contributed by atoms with Crippen LogP contribution in [0, 0.1) is 0 Å². The van der Waals surface area contributed by atoms with Crippen LogP contribution in [-0.4, -0.2) is 9.13 Å². The van der Waals surface area contributed by atoms with Crippen LogP contribution in [0.3, 0.4) is 0 Å². The molecule has 8 rings (SSSR count). The van der Waals surface area contributed by atoms with Gasteiger partial charge in [0.15, 0.2) is 0 Å². The number of nitrogens with zero attached hydrogens (tertiary/aromatic N) is 2. The molecular weight excluding hydrogens is 508 g/mol. The van der Waals surface area contributed by atoms with E-state index in [-0.39, 0.29) is 0 Å². The van der Waals surface area contributed by atoms with E-state index in [0.717, 1.165) is 16.8 Å². The van der Waals surface area contributed by atoms with Crippen molar-refractivity contribution in [1.82, 2.24) is 9.13 Å². The van der Waals surface area contributed by atoms with Crippen molar-refractivity contribution < 1.29 is 0 Å². The zero-order chi connectivity index (χ0) is 28.2. The van der Waals surface area contributed by atoms with Gasteiger partial charge in [0.25, 0.3) is 0 Å². The van der Waals surface area contributed by atoms with Gasteiger partial charge in [-0.3, -0.25) is 0 Å². The average molecular weight is 537 g/mol. The van der Waals surface area contributed by atoms with Gasteiger partial charge in [-0.2, -0.15) is 0 Å². The van der Waals surface area contributed by atoms with Gasteiger partial charge in [-0.15, -0.1) is 0 Å². The SMILES string of the molecule is C=CC(=C)c1cccc(-n2c3ccccc3c3cc(-c4ccc5c(c4)c4ccccc4n5-c4ccccc4)ccc32)c1. The zero-order valence-corrected chi connectivity index (χ0v) is 23.2. The molecule has 0 fully saturated rings. The van der Waals surface area contributed by atoms with Gasteiger partial charge in [-0.1, -0.05) is 98.1 Å². The Labute approximate surface area is 244 Å². The van der Waals surface area contributed by atoms with Gasteiger partial charge in [-0.05, 0) is 82.9 Å². The first kappa shape index (κ1) is 24.2. The molecule has 0 aliphatic rings. The number of aromatic nitrogens is 2. The molecule has 2 heteroatoms. The molecule has 0 atom stereocenters. The molecule has 8 aromatic rings. The lowest BCUT2D eigenvalue weighted by atomic mass is 10.0. The van der Waals surface area contributed by atoms with Gasteiger partial charge in [0.1, 0.15) is 0 Å². The first-order valence-corrected chi connectivity index (χ1v) is 14.3. The molecule has 0 unspecified atom stereocenters. The summed E-state index contributed by atoms with van der Waals surface area (Å²) in [6, 6.07) is 50.2. The third kappa shape index (κ3) is 3.66. The molecule has 2 aromatic heterocycles. The minimum absolute atomic E-state index is 0.920. The van der Waals surface area contributed by atoms with Crippen molar-refractivity contribution in [3.8, 4) is 22.5 Å². The van der Waals surface area contributed by atoms with E-state index >= 15 is 0 Å². The molecule has 2 heterocycles. The van der Waals surface area contributed by atoms with Crippen molar-refractivity contribution in [2.75, 3.05) is 0 Å². The van der Waals surface area contributed by atoms with Crippen LogP contribution in [0.15, 0.2) is 159 Å². The number of hydrogen-bond acceptors (Lipinski definition) is 0. The molecule has 0 spiro atoms. The summed E-state index contributed by atoms with van der Waals surface area (Å²) in [5.41, 5.74) is 11.5. The molecule has 0 amide bonds. The van der Waals surface area contributed by atoms with E-state index in [0.29, 0.717) is 0 Å². The molecule has 0 saturated heterocycles. The van der Waals surface area contributed by atoms with Crippen molar-refractivity contribution in [2.45, 2.75) is 0 Å². The van der Waals surface area contributed by atoms with Gasteiger partial charge in [0.05, 0.1) is 22.1 Å². The van der Waals surface area contributed by atoms with Gasteiger partial charge >= 0.3 is 0 Å². The average Bonchev–Trinajstić information content (AvgIpc) is 3.57. The quantitative estimate of drug-likeness (QED) is 0.194. The van der Waals surface area contributed by atoms with Crippen LogP contribution in [-0.2, 0) is 0 Å². The van der Waals surface area contributed by atoms with Crippen molar-refractivity contribution in [2.24, 2.45) is 0 Å². The summed E-state index contributed by atoms with van der Waals surface area (Å²) in [5.74, 6) is 0. The fraction of sp³-hybridized carbons (Fsp3) is 0. The lowest BCUT2D eigenvalue weighted by Gasteiger charge is -2.11. The van der Waals surface area contributed by atoms with Gasteiger partial charge in [0, 0.05) is 32.9 Å². The minimum atomic E-state index is 0.920. The maximum absolute atomic E-state index is 4.17. The highest BCUT2D eigenvalue weighted by Crippen LogP contribution is 2.38. The van der Waals surface area contributed by atoms with Crippen molar-refractivity contribution in [1.29, 1.82) is 0 Å². The Balaban J connectivity index is 1.33. The van der Waals surface area contributed by atoms with Crippen LogP contribution in [0.25, 0.3) is 71.7 Å². The Hall–Kier alpha value is -5.60. The third-order valence-corrected chi connectivity index (χ3v) is 8.41. The summed E-state index contributed by atoms with van der Waals surface area (Å²) in [7, 11) is 0. The van der Waals surface area contributed by atoms with Crippen molar-refractivity contribution in [3.05, 3.63) is 164 Å². The smallest absolute Gasteiger partial charge is 0.0541 e. The predicted molar refractivity (Wildman–Crippen MR) is 180 cm³/mol. The van der Waals surface area contributed by atoms with E-state index < -0.39 is 0 Å². The highest BCUT2D eigenvalue weighted by atomic mass is 15.0. The molecule has 2 nitrogen and oxygen atoms in total. The molecule has 0 bridgehead atoms. The summed E-state index contributed by atoms with van der Waals surface area (Å²) in [6.07, 6.45) is 1.81. The van der Waals surface area contributed by atoms with E-state index in [9.17, 15) is 0 Å². The standard InChI is InChI=1S/C40H28N2/c1-3-27(2)28-12-11-15-32(24-28)42-38-19-10-8-17-34(38)36-26-30(21-23-40(36)42)29-20-22-39-35(25-29)33-16-7-9-18-37(33)41(39)31-13-5-4-6-14-31/h3-26H,1-2H2. The van der Waals surface area contributed by atoms with Crippen molar-refractivity contribution >= 4 is 49.2 Å². The van der Waals surface area contributed by atoms with Crippen LogP contribution >= 0.6 is 0 Å². The summed E-state index contributed by atoms with van der Waals surface area (Å²) >= 11 is 0. The van der Waals surface area contributed by atoms with Crippen LogP contribution in [0.5, 0.6) is 0 Å². The first-order chi connectivity index (χ1) is 20.7. The second-order valence-electron chi connectivity index (χ2n) is 10.8. The Bertz CT molecular complexity index is 2330. The van der Waals surface area contributed by atoms with E-state index in [1.54, 1.807) is 0 Å². The Morgan fingerprint density at radius 3 is 1.55 bits per heavy atom. The Morgan fingerprint density at radius 1 is 0.452 bits per heavy atom. The van der Waals surface area contributed by atoms with E-state index in [1.807, 2.05) is 6.08 Å². The largest absolute Gasteiger partial charge is 0.309 e. The number of benzene rings is 6. The summed E-state index contributed by atoms with van der Waals surface area (Å²) in [6.45, 7) is 8.08. The number of hydrogen-bond donors (Lipinski definition) is 0. The topological polar surface area (TPSA) is 9.86 Å². The summed E-state index contributed by atoms with van der Waals surface area (Å²) < 4.78 is 4.71. The molecule has 0 aliphatic carbocycles. The number of para-hydroxylation sites is 3. The molecule has 0 aliphatic heterocycles. The molecule has 198 valence electrons. The number of fused-ring (bicyclic) bond motifs is 6. The maximum atomic E-state index is 4.17. The fourth-order valence-electron chi connectivity index (χ4n) is 6.40. The van der Waals surface area contributed by atoms with Crippen LogP contribution in [0.2, 0.25) is 0 Å². The predicted octanol–water partition coefficient (Wildman–Crippen LogP) is 10.7.